The average Bonchev–Trinajstić information content (AvgIpc) is 3.12. The van der Waals surface area contributed by atoms with E-state index < -0.39 is 7.14 Å². The summed E-state index contributed by atoms with van der Waals surface area (Å²) in [5.74, 6) is 0. The van der Waals surface area contributed by atoms with Crippen LogP contribution < -0.4 is 15.9 Å². The van der Waals surface area contributed by atoms with Gasteiger partial charge in [0.15, 0.2) is 7.14 Å². The lowest BCUT2D eigenvalue weighted by atomic mass is 10.2. The van der Waals surface area contributed by atoms with Crippen molar-refractivity contribution in [1.29, 1.82) is 0 Å². The van der Waals surface area contributed by atoms with Crippen LogP contribution in [0.15, 0.2) is 78.9 Å². The van der Waals surface area contributed by atoms with Crippen LogP contribution in [0.1, 0.15) is 0 Å². The molecule has 0 fully saturated rings. The Kier molecular flexibility index (Phi) is 2.70. The van der Waals surface area contributed by atoms with Crippen LogP contribution in [0.2, 0.25) is 0 Å². The van der Waals surface area contributed by atoms with Crippen molar-refractivity contribution in [3.8, 4) is 10.4 Å². The minimum Gasteiger partial charge on any atom is -0.309 e. The normalized spacial score (nSPS) is 18.8. The van der Waals surface area contributed by atoms with Gasteiger partial charge in [-0.25, -0.2) is 0 Å². The lowest BCUT2D eigenvalue weighted by Gasteiger charge is -2.15. The van der Waals surface area contributed by atoms with Crippen molar-refractivity contribution in [2.45, 2.75) is 0 Å². The Morgan fingerprint density at radius 2 is 1.43 bits per heavy atom. The predicted octanol–water partition coefficient (Wildman–Crippen LogP) is 4.52. The third-order valence-electron chi connectivity index (χ3n) is 4.49. The lowest BCUT2D eigenvalue weighted by molar-refractivity contribution is 0.593. The van der Waals surface area contributed by atoms with Gasteiger partial charge in [-0.15, -0.1) is 11.3 Å². The van der Waals surface area contributed by atoms with Crippen LogP contribution >= 0.6 is 18.5 Å². The van der Waals surface area contributed by atoms with Crippen LogP contribution in [-0.2, 0) is 4.57 Å². The summed E-state index contributed by atoms with van der Waals surface area (Å²) in [6.07, 6.45) is 0. The van der Waals surface area contributed by atoms with Crippen molar-refractivity contribution in [2.75, 3.05) is 0 Å². The Balaban J connectivity index is 1.99. The summed E-state index contributed by atoms with van der Waals surface area (Å²) < 4.78 is 15.6. The highest BCUT2D eigenvalue weighted by Gasteiger charge is 2.42. The third kappa shape index (κ3) is 1.65. The maximum Gasteiger partial charge on any atom is 0.173 e. The molecule has 3 heteroatoms. The molecular formula is C20H13OPS. The molecule has 23 heavy (non-hydrogen) atoms. The minimum absolute atomic E-state index is 0.926. The van der Waals surface area contributed by atoms with Gasteiger partial charge in [-0.1, -0.05) is 72.8 Å². The summed E-state index contributed by atoms with van der Waals surface area (Å²) in [4.78, 5) is 1.17. The van der Waals surface area contributed by atoms with E-state index in [4.69, 9.17) is 0 Å². The highest BCUT2D eigenvalue weighted by molar-refractivity contribution is 7.87. The van der Waals surface area contributed by atoms with Gasteiger partial charge in [0.05, 0.1) is 0 Å². The van der Waals surface area contributed by atoms with E-state index >= 15 is 0 Å². The van der Waals surface area contributed by atoms with Crippen molar-refractivity contribution in [3.05, 3.63) is 78.9 Å². The van der Waals surface area contributed by atoms with Crippen molar-refractivity contribution in [3.63, 3.8) is 0 Å². The van der Waals surface area contributed by atoms with E-state index in [0.29, 0.717) is 0 Å². The zero-order valence-electron chi connectivity index (χ0n) is 12.3. The first-order valence-corrected chi connectivity index (χ1v) is 10.1. The van der Waals surface area contributed by atoms with E-state index in [9.17, 15) is 4.57 Å². The second kappa shape index (κ2) is 4.67. The molecule has 0 radical (unpaired) electrons. The van der Waals surface area contributed by atoms with E-state index in [2.05, 4.69) is 18.2 Å². The number of hydrogen-bond acceptors (Lipinski definition) is 2. The second-order valence-electron chi connectivity index (χ2n) is 5.74. The Labute approximate surface area is 138 Å². The smallest absolute Gasteiger partial charge is 0.173 e. The van der Waals surface area contributed by atoms with Crippen LogP contribution in [0, 0.1) is 0 Å². The van der Waals surface area contributed by atoms with Gasteiger partial charge in [-0.2, -0.15) is 0 Å². The van der Waals surface area contributed by atoms with Gasteiger partial charge in [0, 0.05) is 36.4 Å². The SMILES string of the molecule is O=[P@@]1(c2ccccc2)c2ccccc2-c2sc3ccccc3c21. The Hall–Kier alpha value is -2.15. The summed E-state index contributed by atoms with van der Waals surface area (Å²) in [6, 6.07) is 26.4. The van der Waals surface area contributed by atoms with Gasteiger partial charge in [-0.3, -0.25) is 0 Å². The number of fused-ring (bicyclic) bond motifs is 5. The van der Waals surface area contributed by atoms with Gasteiger partial charge >= 0.3 is 0 Å². The summed E-state index contributed by atoms with van der Waals surface area (Å²) in [6.45, 7) is 0. The van der Waals surface area contributed by atoms with Crippen molar-refractivity contribution >= 4 is 44.5 Å². The fourth-order valence-corrected chi connectivity index (χ4v) is 8.44. The highest BCUT2D eigenvalue weighted by Crippen LogP contribution is 2.56. The molecule has 1 aromatic heterocycles. The minimum atomic E-state index is -2.79. The second-order valence-corrected chi connectivity index (χ2v) is 9.45. The van der Waals surface area contributed by atoms with Gasteiger partial charge < -0.3 is 4.57 Å². The molecule has 0 amide bonds. The fraction of sp³-hybridized carbons (Fsp3) is 0. The van der Waals surface area contributed by atoms with E-state index in [0.717, 1.165) is 26.9 Å². The summed E-state index contributed by atoms with van der Waals surface area (Å²) in [7, 11) is -2.79. The average molecular weight is 332 g/mol. The number of hydrogen-bond donors (Lipinski definition) is 0. The summed E-state index contributed by atoms with van der Waals surface area (Å²) in [5.41, 5.74) is 1.14. The number of thiophene rings is 1. The van der Waals surface area contributed by atoms with Crippen LogP contribution in [0.4, 0.5) is 0 Å². The molecule has 110 valence electrons. The summed E-state index contributed by atoms with van der Waals surface area (Å²) >= 11 is 1.75. The van der Waals surface area contributed by atoms with Crippen molar-refractivity contribution < 1.29 is 4.57 Å². The zero-order chi connectivity index (χ0) is 15.4. The van der Waals surface area contributed by atoms with Crippen LogP contribution in [-0.4, -0.2) is 0 Å². The van der Waals surface area contributed by atoms with Crippen LogP contribution in [0.5, 0.6) is 0 Å². The lowest BCUT2D eigenvalue weighted by Crippen LogP contribution is -2.20. The number of rotatable bonds is 1. The maximum atomic E-state index is 14.3. The molecule has 5 rings (SSSR count). The molecule has 1 aliphatic heterocycles. The predicted molar refractivity (Wildman–Crippen MR) is 100 cm³/mol. The first kappa shape index (κ1) is 13.3. The Bertz CT molecular complexity index is 1100. The molecule has 0 spiro atoms. The Morgan fingerprint density at radius 3 is 2.30 bits per heavy atom. The molecule has 0 aliphatic carbocycles. The fourth-order valence-electron chi connectivity index (χ4n) is 3.49. The van der Waals surface area contributed by atoms with E-state index in [1.807, 2.05) is 60.7 Å². The molecule has 0 saturated carbocycles. The first-order chi connectivity index (χ1) is 11.3. The number of benzene rings is 3. The molecule has 0 N–H and O–H groups in total. The van der Waals surface area contributed by atoms with E-state index in [1.54, 1.807) is 11.3 Å². The first-order valence-electron chi connectivity index (χ1n) is 7.58. The summed E-state index contributed by atoms with van der Waals surface area (Å²) in [5, 5.41) is 4.08. The maximum absolute atomic E-state index is 14.3. The molecule has 1 aliphatic rings. The van der Waals surface area contributed by atoms with E-state index in [-0.39, 0.29) is 0 Å². The quantitative estimate of drug-likeness (QED) is 0.413. The molecule has 0 bridgehead atoms. The molecule has 2 heterocycles. The van der Waals surface area contributed by atoms with Gasteiger partial charge in [0.2, 0.25) is 0 Å². The largest absolute Gasteiger partial charge is 0.309 e. The molecule has 0 unspecified atom stereocenters. The monoisotopic (exact) mass is 332 g/mol. The van der Waals surface area contributed by atoms with Gasteiger partial charge in [-0.05, 0) is 6.07 Å². The molecule has 0 saturated heterocycles. The molecule has 1 nitrogen and oxygen atoms in total. The Morgan fingerprint density at radius 1 is 0.739 bits per heavy atom. The molecule has 1 atom stereocenters. The van der Waals surface area contributed by atoms with Crippen LogP contribution in [0.3, 0.4) is 0 Å². The zero-order valence-corrected chi connectivity index (χ0v) is 14.0. The molecule has 4 aromatic rings. The van der Waals surface area contributed by atoms with Crippen molar-refractivity contribution in [2.24, 2.45) is 0 Å². The van der Waals surface area contributed by atoms with Crippen molar-refractivity contribution in [1.82, 2.24) is 0 Å². The third-order valence-corrected chi connectivity index (χ3v) is 9.04. The topological polar surface area (TPSA) is 17.1 Å². The van der Waals surface area contributed by atoms with Crippen LogP contribution in [0.25, 0.3) is 20.5 Å². The van der Waals surface area contributed by atoms with E-state index in [1.165, 1.54) is 9.58 Å². The molecule has 3 aromatic carbocycles. The van der Waals surface area contributed by atoms with Gasteiger partial charge in [0.1, 0.15) is 0 Å². The standard InChI is InChI=1S/C20H13OPS/c21-22(14-8-2-1-3-9-14)17-12-6-4-10-15(17)20-19(22)16-11-5-7-13-18(16)23-20/h1-13H/t22-/m0/s1. The van der Waals surface area contributed by atoms with Gasteiger partial charge in [0.25, 0.3) is 0 Å². The highest BCUT2D eigenvalue weighted by atomic mass is 32.1. The molecular weight excluding hydrogens is 319 g/mol.